The summed E-state index contributed by atoms with van der Waals surface area (Å²) in [4.78, 5) is 0. The van der Waals surface area contributed by atoms with E-state index in [-0.39, 0.29) is 5.38 Å². The predicted octanol–water partition coefficient (Wildman–Crippen LogP) is 3.44. The van der Waals surface area contributed by atoms with E-state index < -0.39 is 0 Å². The van der Waals surface area contributed by atoms with Crippen molar-refractivity contribution in [2.75, 3.05) is 13.7 Å². The summed E-state index contributed by atoms with van der Waals surface area (Å²) in [6, 6.07) is 8.04. The van der Waals surface area contributed by atoms with Crippen LogP contribution >= 0.6 is 11.6 Å². The first-order chi connectivity index (χ1) is 8.13. The van der Waals surface area contributed by atoms with Crippen molar-refractivity contribution in [3.05, 3.63) is 29.8 Å². The summed E-state index contributed by atoms with van der Waals surface area (Å²) >= 11 is 6.22. The Balaban J connectivity index is 2.35. The van der Waals surface area contributed by atoms with E-state index >= 15 is 0 Å². The van der Waals surface area contributed by atoms with Crippen LogP contribution in [0.3, 0.4) is 0 Å². The van der Waals surface area contributed by atoms with Crippen molar-refractivity contribution >= 4 is 11.6 Å². The molecule has 1 rings (SSSR count). The second-order valence-corrected chi connectivity index (χ2v) is 5.29. The molecule has 0 saturated carbocycles. The largest absolute Gasteiger partial charge is 0.496 e. The van der Waals surface area contributed by atoms with Crippen molar-refractivity contribution in [3.63, 3.8) is 0 Å². The number of benzene rings is 1. The Morgan fingerprint density at radius 2 is 2.00 bits per heavy atom. The van der Waals surface area contributed by atoms with Gasteiger partial charge in [0.05, 0.1) is 7.11 Å². The Morgan fingerprint density at radius 3 is 2.65 bits per heavy atom. The number of hydrogen-bond acceptors (Lipinski definition) is 2. The molecule has 1 aromatic carbocycles. The number of para-hydroxylation sites is 1. The Bertz CT molecular complexity index is 328. The van der Waals surface area contributed by atoms with Gasteiger partial charge in [0.15, 0.2) is 0 Å². The van der Waals surface area contributed by atoms with Gasteiger partial charge in [0.1, 0.15) is 5.75 Å². The number of alkyl halides is 1. The van der Waals surface area contributed by atoms with Crippen LogP contribution in [-0.4, -0.2) is 19.0 Å². The molecular weight excluding hydrogens is 234 g/mol. The Kier molecular flexibility index (Phi) is 6.38. The summed E-state index contributed by atoms with van der Waals surface area (Å²) in [5.74, 6) is 1.57. The molecule has 0 amide bonds. The summed E-state index contributed by atoms with van der Waals surface area (Å²) < 4.78 is 5.29. The van der Waals surface area contributed by atoms with Crippen molar-refractivity contribution in [1.29, 1.82) is 0 Å². The van der Waals surface area contributed by atoms with Crippen LogP contribution in [0.25, 0.3) is 0 Å². The summed E-state index contributed by atoms with van der Waals surface area (Å²) in [5, 5.41) is 3.57. The van der Waals surface area contributed by atoms with Gasteiger partial charge in [-0.2, -0.15) is 0 Å². The zero-order valence-electron chi connectivity index (χ0n) is 10.9. The molecule has 0 radical (unpaired) electrons. The van der Waals surface area contributed by atoms with Gasteiger partial charge >= 0.3 is 0 Å². The van der Waals surface area contributed by atoms with Crippen molar-refractivity contribution in [1.82, 2.24) is 5.32 Å². The Labute approximate surface area is 109 Å². The van der Waals surface area contributed by atoms with Crippen LogP contribution in [0.2, 0.25) is 0 Å². The standard InChI is InChI=1S/C14H22ClNO/c1-11(2)8-13(15)10-16-9-12-6-4-5-7-14(12)17-3/h4-7,11,13,16H,8-10H2,1-3H3. The van der Waals surface area contributed by atoms with Crippen LogP contribution in [0.5, 0.6) is 5.75 Å². The minimum Gasteiger partial charge on any atom is -0.496 e. The third-order valence-corrected chi connectivity index (χ3v) is 2.93. The summed E-state index contributed by atoms with van der Waals surface area (Å²) in [6.07, 6.45) is 1.04. The third-order valence-electron chi connectivity index (χ3n) is 2.60. The van der Waals surface area contributed by atoms with E-state index in [2.05, 4.69) is 25.2 Å². The maximum Gasteiger partial charge on any atom is 0.123 e. The first-order valence-electron chi connectivity index (χ1n) is 6.10. The normalized spacial score (nSPS) is 12.8. The molecule has 2 nitrogen and oxygen atoms in total. The van der Waals surface area contributed by atoms with Crippen LogP contribution in [0.15, 0.2) is 24.3 Å². The summed E-state index contributed by atoms with van der Waals surface area (Å²) in [6.45, 7) is 6.01. The van der Waals surface area contributed by atoms with Crippen molar-refractivity contribution < 1.29 is 4.74 Å². The lowest BCUT2D eigenvalue weighted by molar-refractivity contribution is 0.407. The van der Waals surface area contributed by atoms with Gasteiger partial charge < -0.3 is 10.1 Å². The van der Waals surface area contributed by atoms with E-state index in [1.165, 1.54) is 5.56 Å². The molecule has 1 aromatic rings. The molecule has 0 bridgehead atoms. The second-order valence-electron chi connectivity index (χ2n) is 4.67. The average molecular weight is 256 g/mol. The number of hydrogen-bond donors (Lipinski definition) is 1. The lowest BCUT2D eigenvalue weighted by Crippen LogP contribution is -2.24. The van der Waals surface area contributed by atoms with Crippen molar-refractivity contribution in [2.45, 2.75) is 32.2 Å². The average Bonchev–Trinajstić information content (AvgIpc) is 2.28. The third kappa shape index (κ3) is 5.42. The number of methoxy groups -OCH3 is 1. The zero-order chi connectivity index (χ0) is 12.7. The molecular formula is C14H22ClNO. The van der Waals surface area contributed by atoms with Gasteiger partial charge in [0.25, 0.3) is 0 Å². The lowest BCUT2D eigenvalue weighted by Gasteiger charge is -2.14. The summed E-state index contributed by atoms with van der Waals surface area (Å²) in [5.41, 5.74) is 1.17. The lowest BCUT2D eigenvalue weighted by atomic mass is 10.1. The van der Waals surface area contributed by atoms with Gasteiger partial charge in [0, 0.05) is 24.0 Å². The van der Waals surface area contributed by atoms with E-state index in [9.17, 15) is 0 Å². The van der Waals surface area contributed by atoms with Gasteiger partial charge in [-0.25, -0.2) is 0 Å². The number of halogens is 1. The van der Waals surface area contributed by atoms with Gasteiger partial charge in [-0.3, -0.25) is 0 Å². The van der Waals surface area contributed by atoms with E-state index in [1.54, 1.807) is 7.11 Å². The molecule has 3 heteroatoms. The van der Waals surface area contributed by atoms with Gasteiger partial charge in [0.2, 0.25) is 0 Å². The van der Waals surface area contributed by atoms with Crippen LogP contribution in [0, 0.1) is 5.92 Å². The fraction of sp³-hybridized carbons (Fsp3) is 0.571. The monoisotopic (exact) mass is 255 g/mol. The highest BCUT2D eigenvalue weighted by atomic mass is 35.5. The molecule has 0 fully saturated rings. The molecule has 0 aliphatic carbocycles. The molecule has 96 valence electrons. The molecule has 17 heavy (non-hydrogen) atoms. The minimum atomic E-state index is 0.199. The molecule has 0 saturated heterocycles. The molecule has 0 spiro atoms. The highest BCUT2D eigenvalue weighted by Crippen LogP contribution is 2.17. The van der Waals surface area contributed by atoms with E-state index in [1.807, 2.05) is 18.2 Å². The maximum absolute atomic E-state index is 6.22. The maximum atomic E-state index is 6.22. The summed E-state index contributed by atoms with van der Waals surface area (Å²) in [7, 11) is 1.70. The molecule has 0 aromatic heterocycles. The van der Waals surface area contributed by atoms with Crippen molar-refractivity contribution in [2.24, 2.45) is 5.92 Å². The molecule has 0 aliphatic rings. The topological polar surface area (TPSA) is 21.3 Å². The molecule has 0 heterocycles. The number of rotatable bonds is 7. The minimum absolute atomic E-state index is 0.199. The van der Waals surface area contributed by atoms with E-state index in [4.69, 9.17) is 16.3 Å². The molecule has 1 N–H and O–H groups in total. The van der Waals surface area contributed by atoms with Gasteiger partial charge in [-0.05, 0) is 18.4 Å². The fourth-order valence-electron chi connectivity index (χ4n) is 1.81. The molecule has 1 atom stereocenters. The number of ether oxygens (including phenoxy) is 1. The fourth-order valence-corrected chi connectivity index (χ4v) is 2.27. The van der Waals surface area contributed by atoms with Crippen molar-refractivity contribution in [3.8, 4) is 5.75 Å². The Hall–Kier alpha value is -0.730. The Morgan fingerprint density at radius 1 is 1.29 bits per heavy atom. The number of nitrogens with one attached hydrogen (secondary N) is 1. The van der Waals surface area contributed by atoms with Gasteiger partial charge in [-0.15, -0.1) is 11.6 Å². The first kappa shape index (κ1) is 14.3. The molecule has 1 unspecified atom stereocenters. The first-order valence-corrected chi connectivity index (χ1v) is 6.53. The highest BCUT2D eigenvalue weighted by molar-refractivity contribution is 6.20. The predicted molar refractivity (Wildman–Crippen MR) is 73.8 cm³/mol. The van der Waals surface area contributed by atoms with Crippen LogP contribution in [-0.2, 0) is 6.54 Å². The smallest absolute Gasteiger partial charge is 0.123 e. The molecule has 0 aliphatic heterocycles. The van der Waals surface area contributed by atoms with E-state index in [0.29, 0.717) is 5.92 Å². The van der Waals surface area contributed by atoms with Crippen LogP contribution in [0.1, 0.15) is 25.8 Å². The van der Waals surface area contributed by atoms with Crippen LogP contribution < -0.4 is 10.1 Å². The SMILES string of the molecule is COc1ccccc1CNCC(Cl)CC(C)C. The highest BCUT2D eigenvalue weighted by Gasteiger charge is 2.07. The van der Waals surface area contributed by atoms with E-state index in [0.717, 1.165) is 25.3 Å². The zero-order valence-corrected chi connectivity index (χ0v) is 11.6. The second kappa shape index (κ2) is 7.57. The van der Waals surface area contributed by atoms with Gasteiger partial charge in [-0.1, -0.05) is 32.0 Å². The van der Waals surface area contributed by atoms with Crippen LogP contribution in [0.4, 0.5) is 0 Å². The quantitative estimate of drug-likeness (QED) is 0.754.